The van der Waals surface area contributed by atoms with Crippen molar-refractivity contribution in [3.05, 3.63) is 53.1 Å². The fourth-order valence-electron chi connectivity index (χ4n) is 2.21. The van der Waals surface area contributed by atoms with Crippen molar-refractivity contribution in [3.8, 4) is 16.9 Å². The lowest BCUT2D eigenvalue weighted by molar-refractivity contribution is 0.146. The van der Waals surface area contributed by atoms with Crippen molar-refractivity contribution in [1.29, 1.82) is 0 Å². The number of nitrogens with one attached hydrogen (secondary N) is 1. The summed E-state index contributed by atoms with van der Waals surface area (Å²) in [6.45, 7) is 1.85. The van der Waals surface area contributed by atoms with Crippen LogP contribution in [0.4, 0.5) is 0 Å². The van der Waals surface area contributed by atoms with Gasteiger partial charge in [0.2, 0.25) is 0 Å². The number of rotatable bonds is 7. The Labute approximate surface area is 130 Å². The molecule has 0 radical (unpaired) electrons. The van der Waals surface area contributed by atoms with Crippen LogP contribution in [0, 0.1) is 0 Å². The van der Waals surface area contributed by atoms with Gasteiger partial charge >= 0.3 is 0 Å². The minimum absolute atomic E-state index is 0.530. The molecule has 1 N–H and O–H groups in total. The molecule has 0 heterocycles. The monoisotopic (exact) mass is 305 g/mol. The van der Waals surface area contributed by atoms with Crippen LogP contribution >= 0.6 is 11.6 Å². The second kappa shape index (κ2) is 8.03. The Morgan fingerprint density at radius 3 is 2.62 bits per heavy atom. The van der Waals surface area contributed by atoms with E-state index in [4.69, 9.17) is 21.1 Å². The van der Waals surface area contributed by atoms with E-state index in [1.165, 1.54) is 0 Å². The van der Waals surface area contributed by atoms with E-state index in [2.05, 4.69) is 11.4 Å². The highest BCUT2D eigenvalue weighted by atomic mass is 35.5. The SMILES string of the molecule is CNCc1cc(Cl)ccc1-c1ccccc1OCCOC. The Hall–Kier alpha value is -1.55. The molecule has 2 aromatic rings. The van der Waals surface area contributed by atoms with E-state index in [9.17, 15) is 0 Å². The predicted molar refractivity (Wildman–Crippen MR) is 87.0 cm³/mol. The largest absolute Gasteiger partial charge is 0.491 e. The number of halogens is 1. The summed E-state index contributed by atoms with van der Waals surface area (Å²) in [5.41, 5.74) is 3.34. The predicted octanol–water partition coefficient (Wildman–Crippen LogP) is 3.75. The van der Waals surface area contributed by atoms with Gasteiger partial charge in [-0.25, -0.2) is 0 Å². The lowest BCUT2D eigenvalue weighted by atomic mass is 9.99. The maximum absolute atomic E-state index is 6.11. The van der Waals surface area contributed by atoms with Crippen LogP contribution in [0.3, 0.4) is 0 Å². The first-order valence-corrected chi connectivity index (χ1v) is 7.28. The van der Waals surface area contributed by atoms with Gasteiger partial charge in [-0.2, -0.15) is 0 Å². The number of para-hydroxylation sites is 1. The summed E-state index contributed by atoms with van der Waals surface area (Å²) in [6.07, 6.45) is 0. The van der Waals surface area contributed by atoms with E-state index >= 15 is 0 Å². The average Bonchev–Trinajstić information content (AvgIpc) is 2.49. The van der Waals surface area contributed by atoms with E-state index < -0.39 is 0 Å². The third kappa shape index (κ3) is 4.21. The molecule has 0 aromatic heterocycles. The number of hydrogen-bond donors (Lipinski definition) is 1. The van der Waals surface area contributed by atoms with Gasteiger partial charge in [0, 0.05) is 24.2 Å². The molecule has 0 spiro atoms. The first-order chi connectivity index (χ1) is 10.3. The van der Waals surface area contributed by atoms with Crippen molar-refractivity contribution >= 4 is 11.6 Å². The molecule has 0 bridgehead atoms. The summed E-state index contributed by atoms with van der Waals surface area (Å²) < 4.78 is 10.9. The summed E-state index contributed by atoms with van der Waals surface area (Å²) >= 11 is 6.11. The van der Waals surface area contributed by atoms with Crippen LogP contribution in [0.15, 0.2) is 42.5 Å². The second-order valence-corrected chi connectivity index (χ2v) is 5.11. The molecule has 2 rings (SSSR count). The van der Waals surface area contributed by atoms with E-state index in [-0.39, 0.29) is 0 Å². The third-order valence-corrected chi connectivity index (χ3v) is 3.39. The van der Waals surface area contributed by atoms with E-state index in [0.29, 0.717) is 13.2 Å². The Kier molecular flexibility index (Phi) is 6.05. The summed E-state index contributed by atoms with van der Waals surface area (Å²) in [4.78, 5) is 0. The quantitative estimate of drug-likeness (QED) is 0.790. The molecule has 3 nitrogen and oxygen atoms in total. The Balaban J connectivity index is 2.37. The maximum Gasteiger partial charge on any atom is 0.127 e. The summed E-state index contributed by atoms with van der Waals surface area (Å²) in [7, 11) is 3.59. The molecule has 21 heavy (non-hydrogen) atoms. The lowest BCUT2D eigenvalue weighted by Gasteiger charge is -2.15. The van der Waals surface area contributed by atoms with Gasteiger partial charge in [-0.3, -0.25) is 0 Å². The van der Waals surface area contributed by atoms with Crippen molar-refractivity contribution in [1.82, 2.24) is 5.32 Å². The van der Waals surface area contributed by atoms with Gasteiger partial charge in [0.15, 0.2) is 0 Å². The molecule has 0 amide bonds. The van der Waals surface area contributed by atoms with Gasteiger partial charge in [0.25, 0.3) is 0 Å². The molecule has 0 aliphatic rings. The van der Waals surface area contributed by atoms with E-state index in [1.807, 2.05) is 43.4 Å². The normalized spacial score (nSPS) is 10.6. The highest BCUT2D eigenvalue weighted by molar-refractivity contribution is 6.30. The molecular weight excluding hydrogens is 286 g/mol. The molecule has 0 aliphatic carbocycles. The van der Waals surface area contributed by atoms with Gasteiger partial charge in [-0.1, -0.05) is 35.9 Å². The number of benzene rings is 2. The van der Waals surface area contributed by atoms with Crippen LogP contribution < -0.4 is 10.1 Å². The third-order valence-electron chi connectivity index (χ3n) is 3.16. The molecule has 112 valence electrons. The Morgan fingerprint density at radius 2 is 1.86 bits per heavy atom. The molecule has 4 heteroatoms. The Morgan fingerprint density at radius 1 is 1.05 bits per heavy atom. The zero-order valence-corrected chi connectivity index (χ0v) is 13.1. The molecule has 0 unspecified atom stereocenters. The summed E-state index contributed by atoms with van der Waals surface area (Å²) in [5.74, 6) is 0.856. The van der Waals surface area contributed by atoms with Crippen molar-refractivity contribution in [3.63, 3.8) is 0 Å². The zero-order valence-electron chi connectivity index (χ0n) is 12.4. The lowest BCUT2D eigenvalue weighted by Crippen LogP contribution is -2.08. The summed E-state index contributed by atoms with van der Waals surface area (Å²) in [5, 5.41) is 3.91. The highest BCUT2D eigenvalue weighted by Gasteiger charge is 2.10. The molecular formula is C17H20ClNO2. The second-order valence-electron chi connectivity index (χ2n) is 4.67. The molecule has 0 fully saturated rings. The number of hydrogen-bond acceptors (Lipinski definition) is 3. The number of ether oxygens (including phenoxy) is 2. The fourth-order valence-corrected chi connectivity index (χ4v) is 2.41. The van der Waals surface area contributed by atoms with Crippen molar-refractivity contribution in [2.45, 2.75) is 6.54 Å². The summed E-state index contributed by atoms with van der Waals surface area (Å²) in [6, 6.07) is 13.9. The van der Waals surface area contributed by atoms with Crippen molar-refractivity contribution in [2.75, 3.05) is 27.4 Å². The first kappa shape index (κ1) is 15.8. The maximum atomic E-state index is 6.11. The van der Waals surface area contributed by atoms with Crippen LogP contribution in [0.1, 0.15) is 5.56 Å². The highest BCUT2D eigenvalue weighted by Crippen LogP contribution is 2.33. The topological polar surface area (TPSA) is 30.5 Å². The standard InChI is InChI=1S/C17H20ClNO2/c1-19-12-13-11-14(18)7-8-15(13)16-5-3-4-6-17(16)21-10-9-20-2/h3-8,11,19H,9-10,12H2,1-2H3. The fraction of sp³-hybridized carbons (Fsp3) is 0.294. The number of methoxy groups -OCH3 is 1. The van der Waals surface area contributed by atoms with Gasteiger partial charge in [-0.05, 0) is 36.4 Å². The molecule has 0 aliphatic heterocycles. The van der Waals surface area contributed by atoms with Crippen LogP contribution in [-0.2, 0) is 11.3 Å². The Bertz CT molecular complexity index is 587. The molecule has 2 aromatic carbocycles. The minimum atomic E-state index is 0.530. The smallest absolute Gasteiger partial charge is 0.127 e. The van der Waals surface area contributed by atoms with Gasteiger partial charge in [0.05, 0.1) is 6.61 Å². The molecule has 0 atom stereocenters. The van der Waals surface area contributed by atoms with Crippen LogP contribution in [-0.4, -0.2) is 27.4 Å². The average molecular weight is 306 g/mol. The first-order valence-electron chi connectivity index (χ1n) is 6.90. The van der Waals surface area contributed by atoms with Crippen molar-refractivity contribution in [2.24, 2.45) is 0 Å². The molecule has 0 saturated carbocycles. The zero-order chi connectivity index (χ0) is 15.1. The van der Waals surface area contributed by atoms with Gasteiger partial charge < -0.3 is 14.8 Å². The van der Waals surface area contributed by atoms with E-state index in [1.54, 1.807) is 7.11 Å². The van der Waals surface area contributed by atoms with E-state index in [0.717, 1.165) is 34.0 Å². The van der Waals surface area contributed by atoms with Crippen LogP contribution in [0.25, 0.3) is 11.1 Å². The van der Waals surface area contributed by atoms with Gasteiger partial charge in [0.1, 0.15) is 12.4 Å². The molecule has 0 saturated heterocycles. The minimum Gasteiger partial charge on any atom is -0.491 e. The van der Waals surface area contributed by atoms with Gasteiger partial charge in [-0.15, -0.1) is 0 Å². The van der Waals surface area contributed by atoms with Crippen LogP contribution in [0.5, 0.6) is 5.75 Å². The van der Waals surface area contributed by atoms with Crippen LogP contribution in [0.2, 0.25) is 5.02 Å². The van der Waals surface area contributed by atoms with Crippen molar-refractivity contribution < 1.29 is 9.47 Å².